The minimum absolute atomic E-state index is 0.410. The van der Waals surface area contributed by atoms with Gasteiger partial charge in [-0.2, -0.15) is 0 Å². The number of amides is 1. The van der Waals surface area contributed by atoms with Gasteiger partial charge in [0.2, 0.25) is 0 Å². The molecule has 1 heterocycles. The number of pyridine rings is 1. The fourth-order valence-electron chi connectivity index (χ4n) is 2.25. The number of anilines is 1. The van der Waals surface area contributed by atoms with Crippen molar-refractivity contribution < 1.29 is 4.79 Å². The van der Waals surface area contributed by atoms with Crippen LogP contribution >= 0.6 is 0 Å². The fourth-order valence-corrected chi connectivity index (χ4v) is 2.25. The van der Waals surface area contributed by atoms with E-state index in [0.29, 0.717) is 23.3 Å². The summed E-state index contributed by atoms with van der Waals surface area (Å²) in [5, 5.41) is 3.33. The molecule has 1 fully saturated rings. The Balaban J connectivity index is 2.17. The van der Waals surface area contributed by atoms with Gasteiger partial charge in [0, 0.05) is 12.2 Å². The summed E-state index contributed by atoms with van der Waals surface area (Å²) in [4.78, 5) is 15.4. The summed E-state index contributed by atoms with van der Waals surface area (Å²) in [6, 6.07) is 3.84. The van der Waals surface area contributed by atoms with Crippen molar-refractivity contribution in [3.8, 4) is 0 Å². The van der Waals surface area contributed by atoms with E-state index in [0.717, 1.165) is 6.42 Å². The molecule has 2 rings (SSSR count). The highest BCUT2D eigenvalue weighted by molar-refractivity contribution is 5.97. The first-order chi connectivity index (χ1) is 7.68. The molecule has 1 saturated carbocycles. The van der Waals surface area contributed by atoms with Crippen LogP contribution in [0.25, 0.3) is 0 Å². The lowest BCUT2D eigenvalue weighted by Crippen LogP contribution is -2.25. The molecule has 1 aromatic heterocycles. The topological polar surface area (TPSA) is 68.0 Å². The molecule has 1 aliphatic carbocycles. The summed E-state index contributed by atoms with van der Waals surface area (Å²) in [7, 11) is 0. The molecule has 2 atom stereocenters. The number of aromatic nitrogens is 1. The van der Waals surface area contributed by atoms with Crippen molar-refractivity contribution in [1.29, 1.82) is 0 Å². The van der Waals surface area contributed by atoms with Crippen LogP contribution < -0.4 is 11.1 Å². The van der Waals surface area contributed by atoms with Gasteiger partial charge >= 0.3 is 0 Å². The van der Waals surface area contributed by atoms with Crippen molar-refractivity contribution in [3.05, 3.63) is 23.9 Å². The van der Waals surface area contributed by atoms with Gasteiger partial charge < -0.3 is 11.1 Å². The van der Waals surface area contributed by atoms with E-state index in [-0.39, 0.29) is 0 Å². The third-order valence-corrected chi connectivity index (χ3v) is 3.26. The second-order valence-corrected chi connectivity index (χ2v) is 4.42. The van der Waals surface area contributed by atoms with E-state index < -0.39 is 5.91 Å². The monoisotopic (exact) mass is 219 g/mol. The van der Waals surface area contributed by atoms with Crippen molar-refractivity contribution in [1.82, 2.24) is 4.98 Å². The van der Waals surface area contributed by atoms with Crippen LogP contribution in [0.5, 0.6) is 0 Å². The average molecular weight is 219 g/mol. The zero-order valence-electron chi connectivity index (χ0n) is 9.44. The number of carbonyl (C=O) groups is 1. The Bertz CT molecular complexity index is 392. The maximum Gasteiger partial charge on any atom is 0.252 e. The summed E-state index contributed by atoms with van der Waals surface area (Å²) < 4.78 is 0. The quantitative estimate of drug-likeness (QED) is 0.814. The number of rotatable bonds is 3. The Hall–Kier alpha value is -1.58. The molecular formula is C12H17N3O. The average Bonchev–Trinajstić information content (AvgIpc) is 2.65. The lowest BCUT2D eigenvalue weighted by molar-refractivity contribution is 0.100. The van der Waals surface area contributed by atoms with Crippen molar-refractivity contribution in [3.63, 3.8) is 0 Å². The molecule has 86 valence electrons. The standard InChI is InChI=1S/C12H17N3O/c1-8-4-2-6-10(8)15-12-9(11(13)16)5-3-7-14-12/h3,5,7-8,10H,2,4,6H2,1H3,(H2,13,16)(H,14,15). The van der Waals surface area contributed by atoms with Crippen LogP contribution in [0.2, 0.25) is 0 Å². The van der Waals surface area contributed by atoms with Crippen LogP contribution in [0.4, 0.5) is 5.82 Å². The number of hydrogen-bond donors (Lipinski definition) is 2. The normalized spacial score (nSPS) is 24.3. The predicted octanol–water partition coefficient (Wildman–Crippen LogP) is 1.78. The molecule has 3 N–H and O–H groups in total. The van der Waals surface area contributed by atoms with Crippen molar-refractivity contribution >= 4 is 11.7 Å². The van der Waals surface area contributed by atoms with Crippen LogP contribution in [-0.4, -0.2) is 16.9 Å². The molecule has 4 nitrogen and oxygen atoms in total. The lowest BCUT2D eigenvalue weighted by Gasteiger charge is -2.19. The Morgan fingerprint density at radius 1 is 1.56 bits per heavy atom. The van der Waals surface area contributed by atoms with Crippen LogP contribution in [0, 0.1) is 5.92 Å². The second kappa shape index (κ2) is 4.51. The van der Waals surface area contributed by atoms with Crippen LogP contribution in [0.3, 0.4) is 0 Å². The summed E-state index contributed by atoms with van der Waals surface area (Å²) >= 11 is 0. The fraction of sp³-hybridized carbons (Fsp3) is 0.500. The smallest absolute Gasteiger partial charge is 0.252 e. The zero-order chi connectivity index (χ0) is 11.5. The number of hydrogen-bond acceptors (Lipinski definition) is 3. The summed E-state index contributed by atoms with van der Waals surface area (Å²) in [6.07, 6.45) is 5.28. The predicted molar refractivity (Wildman–Crippen MR) is 63.2 cm³/mol. The zero-order valence-corrected chi connectivity index (χ0v) is 9.44. The number of nitrogens with one attached hydrogen (secondary N) is 1. The van der Waals surface area contributed by atoms with Gasteiger partial charge in [-0.05, 0) is 30.9 Å². The summed E-state index contributed by atoms with van der Waals surface area (Å²) in [5.41, 5.74) is 5.78. The van der Waals surface area contributed by atoms with E-state index in [2.05, 4.69) is 17.2 Å². The van der Waals surface area contributed by atoms with Crippen molar-refractivity contribution in [2.24, 2.45) is 11.7 Å². The lowest BCUT2D eigenvalue weighted by atomic mass is 10.1. The van der Waals surface area contributed by atoms with Crippen LogP contribution in [-0.2, 0) is 0 Å². The molecule has 4 heteroatoms. The van der Waals surface area contributed by atoms with E-state index in [1.807, 2.05) is 0 Å². The highest BCUT2D eigenvalue weighted by Gasteiger charge is 2.24. The highest BCUT2D eigenvalue weighted by Crippen LogP contribution is 2.28. The highest BCUT2D eigenvalue weighted by atomic mass is 16.1. The molecule has 0 aromatic carbocycles. The molecule has 1 aromatic rings. The molecule has 1 amide bonds. The maximum atomic E-state index is 11.2. The number of carbonyl (C=O) groups excluding carboxylic acids is 1. The molecular weight excluding hydrogens is 202 g/mol. The minimum Gasteiger partial charge on any atom is -0.366 e. The van der Waals surface area contributed by atoms with Gasteiger partial charge in [-0.1, -0.05) is 13.3 Å². The van der Waals surface area contributed by atoms with Gasteiger partial charge in [0.15, 0.2) is 0 Å². The van der Waals surface area contributed by atoms with E-state index >= 15 is 0 Å². The molecule has 0 saturated heterocycles. The van der Waals surface area contributed by atoms with Gasteiger partial charge in [0.1, 0.15) is 5.82 Å². The molecule has 16 heavy (non-hydrogen) atoms. The first kappa shape index (κ1) is 10.9. The number of nitrogens with two attached hydrogens (primary N) is 1. The second-order valence-electron chi connectivity index (χ2n) is 4.42. The van der Waals surface area contributed by atoms with Gasteiger partial charge in [0.25, 0.3) is 5.91 Å². The Morgan fingerprint density at radius 2 is 2.38 bits per heavy atom. The Morgan fingerprint density at radius 3 is 3.00 bits per heavy atom. The van der Waals surface area contributed by atoms with E-state index in [1.165, 1.54) is 12.8 Å². The first-order valence-electron chi connectivity index (χ1n) is 5.70. The Kier molecular flexibility index (Phi) is 3.08. The van der Waals surface area contributed by atoms with E-state index in [4.69, 9.17) is 5.73 Å². The van der Waals surface area contributed by atoms with Gasteiger partial charge in [-0.15, -0.1) is 0 Å². The van der Waals surface area contributed by atoms with Crippen molar-refractivity contribution in [2.75, 3.05) is 5.32 Å². The molecule has 0 spiro atoms. The largest absolute Gasteiger partial charge is 0.366 e. The van der Waals surface area contributed by atoms with Crippen LogP contribution in [0.1, 0.15) is 36.5 Å². The van der Waals surface area contributed by atoms with E-state index in [9.17, 15) is 4.79 Å². The van der Waals surface area contributed by atoms with Crippen molar-refractivity contribution in [2.45, 2.75) is 32.2 Å². The van der Waals surface area contributed by atoms with Gasteiger partial charge in [-0.3, -0.25) is 4.79 Å². The SMILES string of the molecule is CC1CCCC1Nc1ncccc1C(N)=O. The molecule has 1 aliphatic rings. The molecule has 2 unspecified atom stereocenters. The number of primary amides is 1. The van der Waals surface area contributed by atoms with Gasteiger partial charge in [-0.25, -0.2) is 4.98 Å². The summed E-state index contributed by atoms with van der Waals surface area (Å²) in [5.74, 6) is 0.817. The minimum atomic E-state index is -0.429. The maximum absolute atomic E-state index is 11.2. The first-order valence-corrected chi connectivity index (χ1v) is 5.70. The summed E-state index contributed by atoms with van der Waals surface area (Å²) in [6.45, 7) is 2.22. The third-order valence-electron chi connectivity index (χ3n) is 3.26. The van der Waals surface area contributed by atoms with Gasteiger partial charge in [0.05, 0.1) is 5.56 Å². The van der Waals surface area contributed by atoms with E-state index in [1.54, 1.807) is 18.3 Å². The number of nitrogens with zero attached hydrogens (tertiary/aromatic N) is 1. The Labute approximate surface area is 95.3 Å². The third kappa shape index (κ3) is 2.15. The molecule has 0 radical (unpaired) electrons. The molecule has 0 bridgehead atoms. The van der Waals surface area contributed by atoms with Crippen LogP contribution in [0.15, 0.2) is 18.3 Å². The molecule has 0 aliphatic heterocycles.